The molecule has 0 heterocycles. The maximum Gasteiger partial charge on any atom is 2.00 e. The monoisotopic (exact) mass is 532 g/mol. The van der Waals surface area contributed by atoms with E-state index in [4.69, 9.17) is 0 Å². The Labute approximate surface area is 158 Å². The van der Waals surface area contributed by atoms with Crippen LogP contribution in [0.1, 0.15) is 0 Å². The second kappa shape index (κ2) is 8.17. The molecule has 0 radical (unpaired) electrons. The third-order valence-corrected chi connectivity index (χ3v) is 2.19. The van der Waals surface area contributed by atoms with Crippen LogP contribution in [-0.2, 0) is 0 Å². The fourth-order valence-corrected chi connectivity index (χ4v) is 1.43. The predicted molar refractivity (Wildman–Crippen MR) is 49.4 cm³/mol. The van der Waals surface area contributed by atoms with Crippen LogP contribution in [0.3, 0.4) is 0 Å². The van der Waals surface area contributed by atoms with Crippen LogP contribution < -0.4 is 48.0 Å². The molecule has 10 heteroatoms. The molecule has 0 nitrogen and oxygen atoms in total. The summed E-state index contributed by atoms with van der Waals surface area (Å²) < 4.78 is 90.6. The van der Waals surface area contributed by atoms with Gasteiger partial charge in [0.2, 0.25) is 0 Å². The Morgan fingerprint density at radius 1 is 0.500 bits per heavy atom. The molecular weight excluding hydrogens is 531 g/mol. The second-order valence-electron chi connectivity index (χ2n) is 3.16. The molecule has 0 fully saturated rings. The SMILES string of the molecule is Fc1cc(F)c2c(F)c(F)c(F)c(F)c2c1F.[I-].[I-].[Mg+2]. The summed E-state index contributed by atoms with van der Waals surface area (Å²) in [7, 11) is 0. The van der Waals surface area contributed by atoms with Crippen molar-refractivity contribution in [2.45, 2.75) is 0 Å². The molecular formula is C10HF7I2Mg. The van der Waals surface area contributed by atoms with Crippen molar-refractivity contribution in [3.63, 3.8) is 0 Å². The predicted octanol–water partition coefficient (Wildman–Crippen LogP) is -2.56. The summed E-state index contributed by atoms with van der Waals surface area (Å²) in [4.78, 5) is 0. The first-order chi connectivity index (χ1) is 7.86. The Morgan fingerprint density at radius 3 is 1.35 bits per heavy atom. The smallest absolute Gasteiger partial charge is 1.00 e. The molecule has 0 N–H and O–H groups in total. The van der Waals surface area contributed by atoms with Crippen LogP contribution in [0.4, 0.5) is 30.7 Å². The molecule has 0 bridgehead atoms. The van der Waals surface area contributed by atoms with Gasteiger partial charge >= 0.3 is 23.1 Å². The molecule has 0 aliphatic rings. The molecule has 0 aliphatic carbocycles. The summed E-state index contributed by atoms with van der Waals surface area (Å²) in [6, 6.07) is -0.0858. The molecule has 0 amide bonds. The van der Waals surface area contributed by atoms with Gasteiger partial charge in [-0.2, -0.15) is 0 Å². The average molecular weight is 532 g/mol. The van der Waals surface area contributed by atoms with Crippen molar-refractivity contribution in [1.82, 2.24) is 0 Å². The van der Waals surface area contributed by atoms with E-state index in [0.717, 1.165) is 0 Å². The largest absolute Gasteiger partial charge is 2.00 e. The van der Waals surface area contributed by atoms with Crippen molar-refractivity contribution >= 4 is 33.8 Å². The molecule has 0 spiro atoms. The molecule has 106 valence electrons. The maximum atomic E-state index is 13.1. The van der Waals surface area contributed by atoms with Crippen molar-refractivity contribution in [2.75, 3.05) is 0 Å². The number of rotatable bonds is 0. The normalized spacial score (nSPS) is 9.55. The first-order valence-corrected chi connectivity index (χ1v) is 4.15. The van der Waals surface area contributed by atoms with Gasteiger partial charge in [-0.15, -0.1) is 0 Å². The Balaban J connectivity index is 0. The molecule has 20 heavy (non-hydrogen) atoms. The van der Waals surface area contributed by atoms with E-state index < -0.39 is 51.5 Å². The van der Waals surface area contributed by atoms with Gasteiger partial charge in [-0.3, -0.25) is 0 Å². The molecule has 0 aromatic heterocycles. The summed E-state index contributed by atoms with van der Waals surface area (Å²) in [5.74, 6) is -14.5. The summed E-state index contributed by atoms with van der Waals surface area (Å²) in [6.45, 7) is 0. The van der Waals surface area contributed by atoms with E-state index in [1.54, 1.807) is 0 Å². The second-order valence-corrected chi connectivity index (χ2v) is 3.16. The van der Waals surface area contributed by atoms with Gasteiger partial charge < -0.3 is 48.0 Å². The van der Waals surface area contributed by atoms with Crippen molar-refractivity contribution in [1.29, 1.82) is 0 Å². The third kappa shape index (κ3) is 3.43. The van der Waals surface area contributed by atoms with Gasteiger partial charge in [-0.1, -0.05) is 0 Å². The minimum absolute atomic E-state index is 0. The topological polar surface area (TPSA) is 0 Å². The first kappa shape index (κ1) is 22.7. The van der Waals surface area contributed by atoms with Crippen LogP contribution in [0.25, 0.3) is 10.8 Å². The number of hydrogen-bond donors (Lipinski definition) is 0. The van der Waals surface area contributed by atoms with E-state index in [0.29, 0.717) is 0 Å². The van der Waals surface area contributed by atoms with Crippen LogP contribution in [0, 0.1) is 40.7 Å². The number of hydrogen-bond acceptors (Lipinski definition) is 0. The van der Waals surface area contributed by atoms with E-state index >= 15 is 0 Å². The summed E-state index contributed by atoms with van der Waals surface area (Å²) in [5, 5.41) is -3.07. The van der Waals surface area contributed by atoms with Crippen LogP contribution >= 0.6 is 0 Å². The van der Waals surface area contributed by atoms with Crippen LogP contribution in [-0.4, -0.2) is 23.1 Å². The summed E-state index contributed by atoms with van der Waals surface area (Å²) in [6.07, 6.45) is 0. The van der Waals surface area contributed by atoms with Gasteiger partial charge in [0.25, 0.3) is 0 Å². The molecule has 0 unspecified atom stereocenters. The maximum absolute atomic E-state index is 13.1. The van der Waals surface area contributed by atoms with Crippen molar-refractivity contribution in [2.24, 2.45) is 0 Å². The molecule has 0 saturated heterocycles. The minimum atomic E-state index is -2.33. The first-order valence-electron chi connectivity index (χ1n) is 4.15. The molecule has 0 aliphatic heterocycles. The summed E-state index contributed by atoms with van der Waals surface area (Å²) >= 11 is 0. The van der Waals surface area contributed by atoms with Gasteiger partial charge in [-0.25, -0.2) is 30.7 Å². The van der Waals surface area contributed by atoms with Crippen LogP contribution in [0.2, 0.25) is 0 Å². The zero-order valence-corrected chi connectivity index (χ0v) is 14.9. The molecule has 0 saturated carbocycles. The van der Waals surface area contributed by atoms with Gasteiger partial charge in [0.05, 0.1) is 10.8 Å². The summed E-state index contributed by atoms with van der Waals surface area (Å²) in [5.41, 5.74) is 0. The van der Waals surface area contributed by atoms with E-state index in [9.17, 15) is 30.7 Å². The standard InChI is InChI=1S/C10HF7.2HI.Mg/c11-2-1-3(12)6(13)5-4(2)7(14)9(16)10(17)8(5)15;;;/h1H;2*1H;/q;;;+2/p-2. The van der Waals surface area contributed by atoms with Crippen molar-refractivity contribution in [3.05, 3.63) is 46.8 Å². The van der Waals surface area contributed by atoms with E-state index in [1.807, 2.05) is 0 Å². The Morgan fingerprint density at radius 2 is 0.900 bits per heavy atom. The Kier molecular flexibility index (Phi) is 9.28. The van der Waals surface area contributed by atoms with E-state index in [2.05, 4.69) is 0 Å². The Hall–Kier alpha value is 0.436. The molecule has 2 rings (SSSR count). The van der Waals surface area contributed by atoms with Crippen LogP contribution in [0.15, 0.2) is 6.07 Å². The molecule has 2 aromatic carbocycles. The van der Waals surface area contributed by atoms with E-state index in [-0.39, 0.29) is 77.1 Å². The molecule has 0 atom stereocenters. The van der Waals surface area contributed by atoms with Gasteiger partial charge in [0.1, 0.15) is 5.82 Å². The van der Waals surface area contributed by atoms with Gasteiger partial charge in [0.15, 0.2) is 34.9 Å². The quantitative estimate of drug-likeness (QED) is 0.115. The third-order valence-electron chi connectivity index (χ3n) is 2.19. The minimum Gasteiger partial charge on any atom is -1.00 e. The van der Waals surface area contributed by atoms with Crippen molar-refractivity contribution < 1.29 is 78.7 Å². The zero-order chi connectivity index (χ0) is 12.9. The zero-order valence-electron chi connectivity index (χ0n) is 9.19. The number of halogens is 9. The van der Waals surface area contributed by atoms with Gasteiger partial charge in [0, 0.05) is 6.07 Å². The van der Waals surface area contributed by atoms with E-state index in [1.165, 1.54) is 0 Å². The number of benzene rings is 2. The van der Waals surface area contributed by atoms with Crippen LogP contribution in [0.5, 0.6) is 0 Å². The van der Waals surface area contributed by atoms with Gasteiger partial charge in [-0.05, 0) is 0 Å². The average Bonchev–Trinajstić information content (AvgIpc) is 2.28. The fraction of sp³-hybridized carbons (Fsp3) is 0. The number of fused-ring (bicyclic) bond motifs is 1. The van der Waals surface area contributed by atoms with Crippen molar-refractivity contribution in [3.8, 4) is 0 Å². The Bertz CT molecular complexity index is 648. The molecule has 2 aromatic rings. The fourth-order valence-electron chi connectivity index (χ4n) is 1.43.